The zero-order chi connectivity index (χ0) is 37.5. The fourth-order valence-electron chi connectivity index (χ4n) is 8.45. The molecule has 266 valence electrons. The number of nitrogens with zero attached hydrogens (tertiary/aromatic N) is 3. The Bertz CT molecular complexity index is 2860. The number of aromatic nitrogens is 3. The van der Waals surface area contributed by atoms with Gasteiger partial charge in [0, 0.05) is 49.4 Å². The molecule has 0 spiro atoms. The maximum Gasteiger partial charge on any atom is 0.0541 e. The van der Waals surface area contributed by atoms with E-state index in [4.69, 9.17) is 0 Å². The van der Waals surface area contributed by atoms with E-state index in [-0.39, 0.29) is 0 Å². The van der Waals surface area contributed by atoms with Gasteiger partial charge in [-0.1, -0.05) is 149 Å². The fourth-order valence-corrected chi connectivity index (χ4v) is 8.45. The highest BCUT2D eigenvalue weighted by atomic mass is 15.0. The second-order valence-electron chi connectivity index (χ2n) is 13.4. The van der Waals surface area contributed by atoms with Gasteiger partial charge in [-0.15, -0.1) is 0 Å². The van der Waals surface area contributed by atoms with Crippen LogP contribution < -0.4 is 0 Å². The average molecular weight is 710 g/mol. The summed E-state index contributed by atoms with van der Waals surface area (Å²) in [5, 5.41) is 7.55. The van der Waals surface area contributed by atoms with Crippen LogP contribution in [0.3, 0.4) is 0 Å². The molecule has 0 aliphatic rings. The molecule has 3 aromatic heterocycles. The Morgan fingerprint density at radius 2 is 0.509 bits per heavy atom. The van der Waals surface area contributed by atoms with Gasteiger partial charge >= 0.3 is 0 Å². The molecule has 0 bridgehead atoms. The van der Waals surface area contributed by atoms with Crippen molar-refractivity contribution in [3.8, 4) is 28.2 Å². The van der Waals surface area contributed by atoms with Crippen LogP contribution in [0.4, 0.5) is 0 Å². The Labute approximate surface area is 321 Å². The molecule has 0 N–H and O–H groups in total. The number of fused-ring (bicyclic) bond motifs is 9. The van der Waals surface area contributed by atoms with Crippen molar-refractivity contribution in [3.63, 3.8) is 0 Å². The van der Waals surface area contributed by atoms with Gasteiger partial charge in [-0.25, -0.2) is 0 Å². The molecule has 3 heterocycles. The van der Waals surface area contributed by atoms with Crippen molar-refractivity contribution in [3.05, 3.63) is 188 Å². The minimum Gasteiger partial charge on any atom is -0.309 e. The lowest BCUT2D eigenvalue weighted by atomic mass is 10.0. The molecule has 0 radical (unpaired) electrons. The Hall–Kier alpha value is -6.84. The van der Waals surface area contributed by atoms with E-state index >= 15 is 0 Å². The molecule has 3 nitrogen and oxygen atoms in total. The van der Waals surface area contributed by atoms with Gasteiger partial charge in [-0.2, -0.15) is 0 Å². The molecule has 0 unspecified atom stereocenters. The lowest BCUT2D eigenvalue weighted by molar-refractivity contribution is 1.13. The molecule has 3 heteroatoms. The smallest absolute Gasteiger partial charge is 0.0541 e. The molecule has 8 aromatic carbocycles. The van der Waals surface area contributed by atoms with Gasteiger partial charge in [0.2, 0.25) is 0 Å². The molecule has 11 rings (SSSR count). The SMILES string of the molecule is CC.CC.c1cc(-c2cc(-n3c4ccccc4c4ccccc43)cc(-n3c4ccccc4c4ccccc43)c2)cc(-n2c3ccccc3c3ccccc32)c1. The van der Waals surface area contributed by atoms with Crippen molar-refractivity contribution < 1.29 is 0 Å². The van der Waals surface area contributed by atoms with Gasteiger partial charge in [0.1, 0.15) is 0 Å². The third-order valence-corrected chi connectivity index (χ3v) is 10.6. The van der Waals surface area contributed by atoms with Crippen molar-refractivity contribution in [1.29, 1.82) is 0 Å². The average Bonchev–Trinajstić information content (AvgIpc) is 3.91. The third-order valence-electron chi connectivity index (χ3n) is 10.6. The summed E-state index contributed by atoms with van der Waals surface area (Å²) in [5.41, 5.74) is 12.9. The van der Waals surface area contributed by atoms with Crippen LogP contribution >= 0.6 is 0 Å². The summed E-state index contributed by atoms with van der Waals surface area (Å²) in [6.07, 6.45) is 0. The summed E-state index contributed by atoms with van der Waals surface area (Å²) in [6, 6.07) is 68.6. The van der Waals surface area contributed by atoms with Crippen LogP contribution in [0, 0.1) is 0 Å². The predicted molar refractivity (Wildman–Crippen MR) is 238 cm³/mol. The van der Waals surface area contributed by atoms with Crippen LogP contribution in [0.1, 0.15) is 27.7 Å². The molecular formula is C52H43N3. The number of para-hydroxylation sites is 6. The normalized spacial score (nSPS) is 11.3. The molecule has 11 aromatic rings. The number of benzene rings is 8. The standard InChI is InChI=1S/C48H31N3.2C2H6/c1-7-22-43-37(16-1)38-17-2-8-23-44(38)49(43)34-15-13-14-32(28-34)33-29-35(50-45-24-9-3-18-39(45)40-19-4-10-25-46(40)50)31-36(30-33)51-47-26-11-5-20-41(47)42-21-6-12-27-48(42)51;2*1-2/h1-31H;2*1-2H3. The lowest BCUT2D eigenvalue weighted by Gasteiger charge is -2.16. The first kappa shape index (κ1) is 34.0. The van der Waals surface area contributed by atoms with E-state index in [1.165, 1.54) is 71.0 Å². The summed E-state index contributed by atoms with van der Waals surface area (Å²) < 4.78 is 7.27. The fraction of sp³-hybridized carbons (Fsp3) is 0.0769. The zero-order valence-corrected chi connectivity index (χ0v) is 31.7. The third kappa shape index (κ3) is 5.42. The van der Waals surface area contributed by atoms with Crippen molar-refractivity contribution in [2.45, 2.75) is 27.7 Å². The van der Waals surface area contributed by atoms with Gasteiger partial charge in [0.15, 0.2) is 0 Å². The molecule has 0 fully saturated rings. The molecular weight excluding hydrogens is 667 g/mol. The zero-order valence-electron chi connectivity index (χ0n) is 31.7. The summed E-state index contributed by atoms with van der Waals surface area (Å²) in [4.78, 5) is 0. The molecule has 0 amide bonds. The van der Waals surface area contributed by atoms with Crippen molar-refractivity contribution in [2.75, 3.05) is 0 Å². The number of rotatable bonds is 4. The van der Waals surface area contributed by atoms with E-state index in [2.05, 4.69) is 202 Å². The molecule has 0 saturated carbocycles. The van der Waals surface area contributed by atoms with Crippen molar-refractivity contribution in [1.82, 2.24) is 13.7 Å². The molecule has 55 heavy (non-hydrogen) atoms. The molecule has 0 aliphatic heterocycles. The monoisotopic (exact) mass is 709 g/mol. The van der Waals surface area contributed by atoms with E-state index in [1.807, 2.05) is 27.7 Å². The maximum atomic E-state index is 2.43. The molecule has 0 atom stereocenters. The Kier molecular flexibility index (Phi) is 8.76. The van der Waals surface area contributed by atoms with Gasteiger partial charge in [-0.3, -0.25) is 0 Å². The Balaban J connectivity index is 0.000000963. The van der Waals surface area contributed by atoms with E-state index in [0.717, 1.165) is 22.6 Å². The summed E-state index contributed by atoms with van der Waals surface area (Å²) >= 11 is 0. The first-order valence-corrected chi connectivity index (χ1v) is 19.5. The quantitative estimate of drug-likeness (QED) is 0.173. The Morgan fingerprint density at radius 1 is 0.236 bits per heavy atom. The van der Waals surface area contributed by atoms with Crippen LogP contribution in [0.5, 0.6) is 0 Å². The number of hydrogen-bond acceptors (Lipinski definition) is 0. The van der Waals surface area contributed by atoms with Gasteiger partial charge in [0.25, 0.3) is 0 Å². The van der Waals surface area contributed by atoms with Crippen LogP contribution in [0.15, 0.2) is 188 Å². The van der Waals surface area contributed by atoms with E-state index in [9.17, 15) is 0 Å². The summed E-state index contributed by atoms with van der Waals surface area (Å²) in [7, 11) is 0. The van der Waals surface area contributed by atoms with Crippen LogP contribution in [-0.2, 0) is 0 Å². The highest BCUT2D eigenvalue weighted by molar-refractivity contribution is 6.11. The van der Waals surface area contributed by atoms with Crippen LogP contribution in [0.25, 0.3) is 93.6 Å². The summed E-state index contributed by atoms with van der Waals surface area (Å²) in [5.74, 6) is 0. The van der Waals surface area contributed by atoms with E-state index in [0.29, 0.717) is 0 Å². The molecule has 0 aliphatic carbocycles. The van der Waals surface area contributed by atoms with Gasteiger partial charge in [-0.05, 0) is 77.9 Å². The lowest BCUT2D eigenvalue weighted by Crippen LogP contribution is -2.00. The molecule has 0 saturated heterocycles. The highest BCUT2D eigenvalue weighted by Crippen LogP contribution is 2.39. The highest BCUT2D eigenvalue weighted by Gasteiger charge is 2.18. The number of hydrogen-bond donors (Lipinski definition) is 0. The van der Waals surface area contributed by atoms with Gasteiger partial charge in [0.05, 0.1) is 33.1 Å². The minimum atomic E-state index is 1.13. The topological polar surface area (TPSA) is 14.8 Å². The van der Waals surface area contributed by atoms with Crippen molar-refractivity contribution >= 4 is 65.4 Å². The largest absolute Gasteiger partial charge is 0.309 e. The van der Waals surface area contributed by atoms with Gasteiger partial charge < -0.3 is 13.7 Å². The first-order chi connectivity index (χ1) is 27.3. The second kappa shape index (κ2) is 14.2. The maximum absolute atomic E-state index is 2.43. The van der Waals surface area contributed by atoms with Crippen LogP contribution in [-0.4, -0.2) is 13.7 Å². The first-order valence-electron chi connectivity index (χ1n) is 19.5. The second-order valence-corrected chi connectivity index (χ2v) is 13.4. The predicted octanol–water partition coefficient (Wildman–Crippen LogP) is 14.7. The minimum absolute atomic E-state index is 1.13. The van der Waals surface area contributed by atoms with Crippen molar-refractivity contribution in [2.24, 2.45) is 0 Å². The summed E-state index contributed by atoms with van der Waals surface area (Å²) in [6.45, 7) is 8.00. The van der Waals surface area contributed by atoms with E-state index < -0.39 is 0 Å². The van der Waals surface area contributed by atoms with Crippen LogP contribution in [0.2, 0.25) is 0 Å². The Morgan fingerprint density at radius 3 is 0.836 bits per heavy atom. The van der Waals surface area contributed by atoms with E-state index in [1.54, 1.807) is 0 Å².